The number of rotatable bonds is 6. The van der Waals surface area contributed by atoms with Gasteiger partial charge in [-0.25, -0.2) is 8.42 Å². The first-order valence-electron chi connectivity index (χ1n) is 5.36. The number of hydrogen-bond donors (Lipinski definition) is 3. The van der Waals surface area contributed by atoms with Crippen LogP contribution in [0.3, 0.4) is 0 Å². The normalized spacial score (nSPS) is 12.9. The highest BCUT2D eigenvalue weighted by Crippen LogP contribution is 2.22. The van der Waals surface area contributed by atoms with Crippen LogP contribution in [-0.4, -0.2) is 36.6 Å². The van der Waals surface area contributed by atoms with Crippen molar-refractivity contribution in [3.63, 3.8) is 0 Å². The maximum atomic E-state index is 12.0. The molecule has 0 radical (unpaired) electrons. The van der Waals surface area contributed by atoms with E-state index in [9.17, 15) is 18.0 Å². The third-order valence-electron chi connectivity index (χ3n) is 2.35. The van der Waals surface area contributed by atoms with E-state index in [2.05, 4.69) is 0 Å². The topological polar surface area (TPSA) is 121 Å². The Morgan fingerprint density at radius 1 is 1.35 bits per heavy atom. The predicted molar refractivity (Wildman–Crippen MR) is 70.2 cm³/mol. The Kier molecular flexibility index (Phi) is 5.09. The molecule has 0 saturated heterocycles. The zero-order chi connectivity index (χ0) is 15.5. The molecule has 20 heavy (non-hydrogen) atoms. The molecule has 110 valence electrons. The summed E-state index contributed by atoms with van der Waals surface area (Å²) >= 11 is 5.80. The molecule has 0 amide bonds. The smallest absolute Gasteiger partial charge is 0.322 e. The lowest BCUT2D eigenvalue weighted by atomic mass is 10.2. The lowest BCUT2D eigenvalue weighted by Gasteiger charge is -2.14. The molecule has 0 aliphatic carbocycles. The zero-order valence-electron chi connectivity index (χ0n) is 10.3. The molecule has 1 atom stereocenters. The summed E-state index contributed by atoms with van der Waals surface area (Å²) in [6, 6.07) is 2.35. The highest BCUT2D eigenvalue weighted by molar-refractivity contribution is 7.89. The quantitative estimate of drug-likeness (QED) is 0.714. The van der Waals surface area contributed by atoms with E-state index in [1.807, 2.05) is 4.72 Å². The van der Waals surface area contributed by atoms with E-state index in [-0.39, 0.29) is 9.92 Å². The van der Waals surface area contributed by atoms with Gasteiger partial charge in [-0.1, -0.05) is 17.7 Å². The minimum atomic E-state index is -4.22. The van der Waals surface area contributed by atoms with Crippen LogP contribution >= 0.6 is 11.6 Å². The molecular weight excluding hydrogens is 310 g/mol. The maximum Gasteiger partial charge on any atom is 0.322 e. The van der Waals surface area contributed by atoms with Crippen LogP contribution in [-0.2, 0) is 19.6 Å². The van der Waals surface area contributed by atoms with Crippen LogP contribution in [0.2, 0.25) is 5.02 Å². The Bertz CT molecular complexity index is 642. The summed E-state index contributed by atoms with van der Waals surface area (Å²) in [5.74, 6) is -3.02. The van der Waals surface area contributed by atoms with Gasteiger partial charge in [0.25, 0.3) is 0 Å². The summed E-state index contributed by atoms with van der Waals surface area (Å²) in [4.78, 5) is 21.1. The van der Waals surface area contributed by atoms with Gasteiger partial charge in [-0.3, -0.25) is 9.59 Å². The van der Waals surface area contributed by atoms with Gasteiger partial charge in [0.05, 0.1) is 11.4 Å². The molecule has 0 unspecified atom stereocenters. The zero-order valence-corrected chi connectivity index (χ0v) is 11.9. The van der Waals surface area contributed by atoms with Gasteiger partial charge in [0, 0.05) is 0 Å². The van der Waals surface area contributed by atoms with Crippen LogP contribution in [0.5, 0.6) is 0 Å². The van der Waals surface area contributed by atoms with E-state index in [0.29, 0.717) is 0 Å². The number of carboxylic acids is 2. The molecule has 3 N–H and O–H groups in total. The van der Waals surface area contributed by atoms with Crippen LogP contribution in [0.1, 0.15) is 12.0 Å². The Labute approximate surface area is 120 Å². The van der Waals surface area contributed by atoms with E-state index >= 15 is 0 Å². The van der Waals surface area contributed by atoms with E-state index in [4.69, 9.17) is 21.8 Å². The van der Waals surface area contributed by atoms with Gasteiger partial charge in [0.15, 0.2) is 0 Å². The van der Waals surface area contributed by atoms with E-state index < -0.39 is 34.4 Å². The van der Waals surface area contributed by atoms with Crippen molar-refractivity contribution in [2.45, 2.75) is 24.3 Å². The first kappa shape index (κ1) is 16.4. The number of hydrogen-bond acceptors (Lipinski definition) is 4. The fourth-order valence-corrected chi connectivity index (χ4v) is 3.22. The fraction of sp³-hybridized carbons (Fsp3) is 0.273. The average molecular weight is 322 g/mol. The lowest BCUT2D eigenvalue weighted by molar-refractivity contribution is -0.145. The van der Waals surface area contributed by atoms with Crippen molar-refractivity contribution in [1.29, 1.82) is 0 Å². The summed E-state index contributed by atoms with van der Waals surface area (Å²) in [7, 11) is -4.22. The highest BCUT2D eigenvalue weighted by Gasteiger charge is 2.28. The summed E-state index contributed by atoms with van der Waals surface area (Å²) in [6.07, 6.45) is -0.877. The van der Waals surface area contributed by atoms with Crippen molar-refractivity contribution >= 4 is 33.6 Å². The Morgan fingerprint density at radius 2 is 1.95 bits per heavy atom. The molecular formula is C11H12ClNO6S. The van der Waals surface area contributed by atoms with Gasteiger partial charge < -0.3 is 10.2 Å². The van der Waals surface area contributed by atoms with Gasteiger partial charge in [-0.15, -0.1) is 0 Å². The largest absolute Gasteiger partial charge is 0.481 e. The second-order valence-corrected chi connectivity index (χ2v) is 6.13. The number of benzene rings is 1. The lowest BCUT2D eigenvalue weighted by Crippen LogP contribution is -2.42. The minimum Gasteiger partial charge on any atom is -0.481 e. The van der Waals surface area contributed by atoms with E-state index in [1.54, 1.807) is 6.92 Å². The molecule has 1 rings (SSSR count). The van der Waals surface area contributed by atoms with Crippen LogP contribution < -0.4 is 4.72 Å². The van der Waals surface area contributed by atoms with Crippen molar-refractivity contribution in [1.82, 2.24) is 4.72 Å². The van der Waals surface area contributed by atoms with Gasteiger partial charge in [-0.05, 0) is 24.6 Å². The van der Waals surface area contributed by atoms with Crippen LogP contribution in [0.15, 0.2) is 23.1 Å². The van der Waals surface area contributed by atoms with E-state index in [1.165, 1.54) is 18.2 Å². The van der Waals surface area contributed by atoms with Crippen molar-refractivity contribution in [2.75, 3.05) is 0 Å². The third kappa shape index (κ3) is 4.19. The molecule has 0 spiro atoms. The molecule has 0 aliphatic rings. The maximum absolute atomic E-state index is 12.0. The summed E-state index contributed by atoms with van der Waals surface area (Å²) in [5.41, 5.74) is 0.731. The fourth-order valence-electron chi connectivity index (χ4n) is 1.43. The summed E-state index contributed by atoms with van der Waals surface area (Å²) in [5, 5.41) is 17.3. The Morgan fingerprint density at radius 3 is 2.40 bits per heavy atom. The highest BCUT2D eigenvalue weighted by atomic mass is 35.5. The number of aliphatic carboxylic acids is 2. The number of halogens is 1. The van der Waals surface area contributed by atoms with E-state index in [0.717, 1.165) is 5.56 Å². The average Bonchev–Trinajstić information content (AvgIpc) is 2.26. The molecule has 0 aliphatic heterocycles. The van der Waals surface area contributed by atoms with Crippen molar-refractivity contribution < 1.29 is 28.2 Å². The third-order valence-corrected chi connectivity index (χ3v) is 4.31. The number of carbonyl (C=O) groups is 2. The van der Waals surface area contributed by atoms with Crippen molar-refractivity contribution in [3.8, 4) is 0 Å². The van der Waals surface area contributed by atoms with Crippen LogP contribution in [0, 0.1) is 6.92 Å². The number of sulfonamides is 1. The Hall–Kier alpha value is -1.64. The monoisotopic (exact) mass is 321 g/mol. The number of carboxylic acid groups (broad SMARTS) is 2. The molecule has 7 nitrogen and oxygen atoms in total. The molecule has 1 aromatic carbocycles. The molecule has 0 fully saturated rings. The molecule has 0 bridgehead atoms. The van der Waals surface area contributed by atoms with Crippen molar-refractivity contribution in [2.24, 2.45) is 0 Å². The first-order chi connectivity index (χ1) is 9.13. The first-order valence-corrected chi connectivity index (χ1v) is 7.22. The number of aryl methyl sites for hydroxylation is 1. The standard InChI is InChI=1S/C11H12ClNO6S/c1-6-2-3-9(7(12)4-6)20(18,19)13-8(11(16)17)5-10(14)15/h2-4,8,13H,5H2,1H3,(H,14,15)(H,16,17)/t8-/m1/s1. The molecule has 0 aromatic heterocycles. The molecule has 1 aromatic rings. The van der Waals surface area contributed by atoms with Gasteiger partial charge in [0.1, 0.15) is 10.9 Å². The second-order valence-electron chi connectivity index (χ2n) is 4.04. The van der Waals surface area contributed by atoms with Crippen LogP contribution in [0.25, 0.3) is 0 Å². The minimum absolute atomic E-state index is 0.0723. The van der Waals surface area contributed by atoms with Crippen molar-refractivity contribution in [3.05, 3.63) is 28.8 Å². The predicted octanol–water partition coefficient (Wildman–Crippen LogP) is 0.855. The van der Waals surface area contributed by atoms with Crippen LogP contribution in [0.4, 0.5) is 0 Å². The summed E-state index contributed by atoms with van der Waals surface area (Å²) in [6.45, 7) is 1.71. The molecule has 0 heterocycles. The Balaban J connectivity index is 3.09. The molecule has 0 saturated carbocycles. The van der Waals surface area contributed by atoms with Gasteiger partial charge >= 0.3 is 11.9 Å². The SMILES string of the molecule is Cc1ccc(S(=O)(=O)N[C@H](CC(=O)O)C(=O)O)c(Cl)c1. The second kappa shape index (κ2) is 6.21. The summed E-state index contributed by atoms with van der Waals surface area (Å²) < 4.78 is 25.8. The number of nitrogens with one attached hydrogen (secondary N) is 1. The van der Waals surface area contributed by atoms with Gasteiger partial charge in [-0.2, -0.15) is 4.72 Å². The van der Waals surface area contributed by atoms with Gasteiger partial charge in [0.2, 0.25) is 10.0 Å². The molecule has 9 heteroatoms.